The van der Waals surface area contributed by atoms with Gasteiger partial charge in [0, 0.05) is 24.6 Å². The molecule has 0 spiro atoms. The van der Waals surface area contributed by atoms with Crippen molar-refractivity contribution in [1.29, 1.82) is 0 Å². The highest BCUT2D eigenvalue weighted by molar-refractivity contribution is 5.82. The number of likely N-dealkylation sites (tertiary alicyclic amines) is 1. The molecule has 2 aromatic carbocycles. The predicted molar refractivity (Wildman–Crippen MR) is 98.3 cm³/mol. The van der Waals surface area contributed by atoms with Gasteiger partial charge in [0.15, 0.2) is 0 Å². The van der Waals surface area contributed by atoms with Crippen LogP contribution in [-0.2, 0) is 16.0 Å². The summed E-state index contributed by atoms with van der Waals surface area (Å²) in [4.78, 5) is 26.2. The number of aliphatic carboxylic acids is 1. The SMILES string of the molecule is COc1ccc(C)cc1CC(=O)N1C[C@H](C(=O)O)[C@H](c2ccccc2)C1. The molecule has 0 bridgehead atoms. The minimum atomic E-state index is -0.859. The van der Waals surface area contributed by atoms with Crippen LogP contribution in [0.4, 0.5) is 0 Å². The highest BCUT2D eigenvalue weighted by Gasteiger charge is 2.40. The summed E-state index contributed by atoms with van der Waals surface area (Å²) < 4.78 is 5.35. The Morgan fingerprint density at radius 2 is 1.88 bits per heavy atom. The summed E-state index contributed by atoms with van der Waals surface area (Å²) in [6.07, 6.45) is 0.207. The van der Waals surface area contributed by atoms with Crippen molar-refractivity contribution in [2.24, 2.45) is 5.92 Å². The van der Waals surface area contributed by atoms with E-state index in [1.165, 1.54) is 0 Å². The van der Waals surface area contributed by atoms with Crippen LogP contribution in [0.3, 0.4) is 0 Å². The Balaban J connectivity index is 1.78. The van der Waals surface area contributed by atoms with Crippen LogP contribution in [0, 0.1) is 12.8 Å². The smallest absolute Gasteiger partial charge is 0.308 e. The summed E-state index contributed by atoms with van der Waals surface area (Å²) in [7, 11) is 1.58. The van der Waals surface area contributed by atoms with Crippen LogP contribution in [0.15, 0.2) is 48.5 Å². The Kier molecular flexibility index (Phi) is 5.26. The predicted octanol–water partition coefficient (Wildman–Crippen LogP) is 2.87. The average Bonchev–Trinajstić information content (AvgIpc) is 3.08. The molecule has 1 aliphatic heterocycles. The van der Waals surface area contributed by atoms with Gasteiger partial charge >= 0.3 is 5.97 Å². The van der Waals surface area contributed by atoms with Crippen LogP contribution in [0.1, 0.15) is 22.6 Å². The average molecular weight is 353 g/mol. The van der Waals surface area contributed by atoms with Crippen molar-refractivity contribution < 1.29 is 19.4 Å². The van der Waals surface area contributed by atoms with Gasteiger partial charge in [-0.05, 0) is 18.6 Å². The lowest BCUT2D eigenvalue weighted by molar-refractivity contribution is -0.141. The first kappa shape index (κ1) is 18.0. The maximum atomic E-state index is 12.8. The normalized spacial score (nSPS) is 19.4. The lowest BCUT2D eigenvalue weighted by Crippen LogP contribution is -2.31. The zero-order valence-corrected chi connectivity index (χ0v) is 15.0. The molecule has 5 heteroatoms. The van der Waals surface area contributed by atoms with Gasteiger partial charge in [-0.2, -0.15) is 0 Å². The van der Waals surface area contributed by atoms with E-state index in [9.17, 15) is 14.7 Å². The molecule has 1 amide bonds. The van der Waals surface area contributed by atoms with E-state index in [1.807, 2.05) is 55.5 Å². The van der Waals surface area contributed by atoms with Crippen LogP contribution in [-0.4, -0.2) is 42.1 Å². The van der Waals surface area contributed by atoms with Gasteiger partial charge in [-0.25, -0.2) is 0 Å². The quantitative estimate of drug-likeness (QED) is 0.898. The molecule has 1 N–H and O–H groups in total. The van der Waals surface area contributed by atoms with Crippen molar-refractivity contribution in [1.82, 2.24) is 4.90 Å². The van der Waals surface area contributed by atoms with E-state index in [4.69, 9.17) is 4.74 Å². The van der Waals surface area contributed by atoms with Gasteiger partial charge in [-0.3, -0.25) is 9.59 Å². The molecule has 5 nitrogen and oxygen atoms in total. The number of nitrogens with zero attached hydrogens (tertiary/aromatic N) is 1. The maximum Gasteiger partial charge on any atom is 0.308 e. The summed E-state index contributed by atoms with van der Waals surface area (Å²) >= 11 is 0. The van der Waals surface area contributed by atoms with E-state index >= 15 is 0 Å². The fourth-order valence-corrected chi connectivity index (χ4v) is 3.62. The lowest BCUT2D eigenvalue weighted by atomic mass is 9.89. The molecule has 1 fully saturated rings. The first-order valence-corrected chi connectivity index (χ1v) is 8.68. The number of carboxylic acids is 1. The fraction of sp³-hybridized carbons (Fsp3) is 0.333. The van der Waals surface area contributed by atoms with E-state index in [1.54, 1.807) is 12.0 Å². The molecule has 1 heterocycles. The third-order valence-electron chi connectivity index (χ3n) is 5.00. The molecule has 2 aromatic rings. The number of aryl methyl sites for hydroxylation is 1. The Morgan fingerprint density at radius 1 is 1.15 bits per heavy atom. The second kappa shape index (κ2) is 7.60. The fourth-order valence-electron chi connectivity index (χ4n) is 3.62. The summed E-state index contributed by atoms with van der Waals surface area (Å²) in [5, 5.41) is 9.59. The van der Waals surface area contributed by atoms with E-state index < -0.39 is 11.9 Å². The molecule has 0 aliphatic carbocycles. The van der Waals surface area contributed by atoms with Gasteiger partial charge in [0.05, 0.1) is 19.4 Å². The second-order valence-corrected chi connectivity index (χ2v) is 6.75. The molecule has 0 radical (unpaired) electrons. The van der Waals surface area contributed by atoms with Gasteiger partial charge in [0.1, 0.15) is 5.75 Å². The number of rotatable bonds is 5. The van der Waals surface area contributed by atoms with Gasteiger partial charge in [-0.1, -0.05) is 48.0 Å². The van der Waals surface area contributed by atoms with Crippen LogP contribution in [0.25, 0.3) is 0 Å². The number of hydrogen-bond donors (Lipinski definition) is 1. The number of carbonyl (C=O) groups excluding carboxylic acids is 1. The monoisotopic (exact) mass is 353 g/mol. The minimum Gasteiger partial charge on any atom is -0.496 e. The maximum absolute atomic E-state index is 12.8. The van der Waals surface area contributed by atoms with E-state index in [-0.39, 0.29) is 24.8 Å². The molecule has 136 valence electrons. The van der Waals surface area contributed by atoms with Crippen molar-refractivity contribution in [2.75, 3.05) is 20.2 Å². The van der Waals surface area contributed by atoms with Crippen molar-refractivity contribution in [3.63, 3.8) is 0 Å². The van der Waals surface area contributed by atoms with Crippen LogP contribution >= 0.6 is 0 Å². The Hall–Kier alpha value is -2.82. The molecular weight excluding hydrogens is 330 g/mol. The molecule has 0 aromatic heterocycles. The Morgan fingerprint density at radius 3 is 2.54 bits per heavy atom. The van der Waals surface area contributed by atoms with Crippen molar-refractivity contribution >= 4 is 11.9 Å². The zero-order chi connectivity index (χ0) is 18.7. The lowest BCUT2D eigenvalue weighted by Gasteiger charge is -2.18. The molecule has 3 rings (SSSR count). The van der Waals surface area contributed by atoms with Gasteiger partial charge in [-0.15, -0.1) is 0 Å². The first-order valence-electron chi connectivity index (χ1n) is 8.68. The van der Waals surface area contributed by atoms with Gasteiger partial charge < -0.3 is 14.7 Å². The standard InChI is InChI=1S/C21H23NO4/c1-14-8-9-19(26-2)16(10-14)11-20(23)22-12-17(18(13-22)21(24)25)15-6-4-3-5-7-15/h3-10,17-18H,11-13H2,1-2H3,(H,24,25)/t17-,18-/m0/s1. The Labute approximate surface area is 153 Å². The highest BCUT2D eigenvalue weighted by atomic mass is 16.5. The molecular formula is C21H23NO4. The number of benzene rings is 2. The first-order chi connectivity index (χ1) is 12.5. The summed E-state index contributed by atoms with van der Waals surface area (Å²) in [5.74, 6) is -1.02. The number of methoxy groups -OCH3 is 1. The minimum absolute atomic E-state index is 0.0708. The van der Waals surface area contributed by atoms with Crippen molar-refractivity contribution in [3.8, 4) is 5.75 Å². The summed E-state index contributed by atoms with van der Waals surface area (Å²) in [6.45, 7) is 2.63. The molecule has 0 saturated carbocycles. The molecule has 1 saturated heterocycles. The molecule has 1 aliphatic rings. The largest absolute Gasteiger partial charge is 0.496 e. The van der Waals surface area contributed by atoms with Crippen LogP contribution < -0.4 is 4.74 Å². The van der Waals surface area contributed by atoms with Gasteiger partial charge in [0.25, 0.3) is 0 Å². The van der Waals surface area contributed by atoms with Gasteiger partial charge in [0.2, 0.25) is 5.91 Å². The number of ether oxygens (including phenoxy) is 1. The summed E-state index contributed by atoms with van der Waals surface area (Å²) in [6, 6.07) is 15.3. The number of carboxylic acid groups (broad SMARTS) is 1. The van der Waals surface area contributed by atoms with Crippen molar-refractivity contribution in [3.05, 3.63) is 65.2 Å². The molecule has 26 heavy (non-hydrogen) atoms. The van der Waals surface area contributed by atoms with Crippen molar-refractivity contribution in [2.45, 2.75) is 19.3 Å². The summed E-state index contributed by atoms with van der Waals surface area (Å²) in [5.41, 5.74) is 2.84. The second-order valence-electron chi connectivity index (χ2n) is 6.75. The van der Waals surface area contributed by atoms with E-state index in [0.717, 1.165) is 16.7 Å². The van der Waals surface area contributed by atoms with Crippen LogP contribution in [0.5, 0.6) is 5.75 Å². The third-order valence-corrected chi connectivity index (χ3v) is 5.00. The Bertz CT molecular complexity index is 803. The molecule has 2 atom stereocenters. The van der Waals surface area contributed by atoms with E-state index in [2.05, 4.69) is 0 Å². The third kappa shape index (κ3) is 3.72. The number of hydrogen-bond acceptors (Lipinski definition) is 3. The zero-order valence-electron chi connectivity index (χ0n) is 15.0. The topological polar surface area (TPSA) is 66.8 Å². The van der Waals surface area contributed by atoms with E-state index in [0.29, 0.717) is 12.3 Å². The van der Waals surface area contributed by atoms with Crippen LogP contribution in [0.2, 0.25) is 0 Å². The number of carbonyl (C=O) groups is 2. The molecule has 0 unspecified atom stereocenters. The number of amides is 1. The highest BCUT2D eigenvalue weighted by Crippen LogP contribution is 2.33.